The number of fused-ring (bicyclic) bond motifs is 5. The highest BCUT2D eigenvalue weighted by molar-refractivity contribution is 6.12. The Bertz CT molecular complexity index is 4680. The van der Waals surface area contributed by atoms with Crippen molar-refractivity contribution in [1.29, 1.82) is 0 Å². The van der Waals surface area contributed by atoms with Crippen molar-refractivity contribution in [3.63, 3.8) is 0 Å². The Kier molecular flexibility index (Phi) is 14.6. The van der Waals surface area contributed by atoms with Crippen LogP contribution in [0.3, 0.4) is 0 Å². The summed E-state index contributed by atoms with van der Waals surface area (Å²) in [5, 5.41) is 11.3. The van der Waals surface area contributed by atoms with E-state index in [0.29, 0.717) is 12.5 Å². The molecule has 2 N–H and O–H groups in total. The van der Waals surface area contributed by atoms with Crippen LogP contribution in [0.4, 0.5) is 0 Å². The van der Waals surface area contributed by atoms with Gasteiger partial charge in [0.05, 0.1) is 11.0 Å². The van der Waals surface area contributed by atoms with Gasteiger partial charge >= 0.3 is 0 Å². The molecule has 0 atom stereocenters. The molecule has 0 aliphatic carbocycles. The van der Waals surface area contributed by atoms with Crippen LogP contribution in [0.2, 0.25) is 0 Å². The third-order valence-electron chi connectivity index (χ3n) is 16.4. The van der Waals surface area contributed by atoms with Crippen LogP contribution in [0.5, 0.6) is 0 Å². The first kappa shape index (κ1) is 52.7. The number of nitrogens with two attached hydrogens (primary N) is 1. The Labute approximate surface area is 501 Å². The van der Waals surface area contributed by atoms with E-state index < -0.39 is 0 Å². The molecule has 0 unspecified atom stereocenters. The molecule has 0 bridgehead atoms. The summed E-state index contributed by atoms with van der Waals surface area (Å²) >= 11 is 0. The fraction of sp³-hybridized carbons (Fsp3) is 0.0122. The van der Waals surface area contributed by atoms with Crippen molar-refractivity contribution >= 4 is 49.2 Å². The molecule has 0 amide bonds. The SMILES string of the molecule is N/N=C(\OCc1ccc(-c2ccccc2-c2ccccc2-c2ccc(-n3c4ccc(-c5ccc(-c6cccc7ccccc67)cc5)cc4c4cc(-c5ccc(-c6cccc7ccccc67)cc5)ccc43)cc2)cc1)c1ccccc1.c1ccccc1. The maximum absolute atomic E-state index is 6.06. The summed E-state index contributed by atoms with van der Waals surface area (Å²) in [6.07, 6.45) is 0. The molecule has 408 valence electrons. The number of aromatic nitrogens is 1. The van der Waals surface area contributed by atoms with Crippen molar-refractivity contribution in [3.05, 3.63) is 345 Å². The second-order valence-electron chi connectivity index (χ2n) is 21.6. The van der Waals surface area contributed by atoms with Gasteiger partial charge in [0.2, 0.25) is 5.90 Å². The summed E-state index contributed by atoms with van der Waals surface area (Å²) < 4.78 is 8.48. The minimum Gasteiger partial charge on any atom is -0.471 e. The molecule has 15 rings (SSSR count). The molecule has 15 aromatic rings. The third-order valence-corrected chi connectivity index (χ3v) is 16.4. The van der Waals surface area contributed by atoms with Gasteiger partial charge < -0.3 is 15.1 Å². The lowest BCUT2D eigenvalue weighted by atomic mass is 9.89. The number of benzene rings is 14. The smallest absolute Gasteiger partial charge is 0.237 e. The first-order valence-electron chi connectivity index (χ1n) is 29.2. The zero-order valence-corrected chi connectivity index (χ0v) is 47.3. The quantitative estimate of drug-likeness (QED) is 0.0607. The molecule has 4 heteroatoms. The van der Waals surface area contributed by atoms with Gasteiger partial charge in [-0.15, -0.1) is 5.10 Å². The van der Waals surface area contributed by atoms with E-state index in [9.17, 15) is 0 Å². The van der Waals surface area contributed by atoms with E-state index in [1.54, 1.807) is 0 Å². The van der Waals surface area contributed by atoms with Crippen LogP contribution in [0, 0.1) is 0 Å². The standard InChI is InChI=1S/C76H53N3O.C6H6/c77-78-76(60-16-2-1-3-17-60)80-50-51-28-30-56(31-29-51)68-22-8-10-24-70(68)71-25-11-9-23-69(71)59-40-44-63(45-41-59)79-74-46-42-61(52-32-36-57(37-33-52)66-26-12-18-54-14-4-6-20-64(54)66)48-72(74)73-49-62(43-47-75(73)79)53-34-38-58(39-35-53)67-27-13-19-55-15-5-7-21-65(55)67;1-2-4-6-5-3-1/h1-49H,50,77H2;1-6H/b78-76-;. The Morgan fingerprint density at radius 2 is 0.640 bits per heavy atom. The van der Waals surface area contributed by atoms with Gasteiger partial charge in [-0.25, -0.2) is 0 Å². The summed E-state index contributed by atoms with van der Waals surface area (Å²) in [6.45, 7) is 0.354. The maximum atomic E-state index is 6.06. The van der Waals surface area contributed by atoms with Crippen molar-refractivity contribution in [2.24, 2.45) is 10.9 Å². The Hall–Kier alpha value is -11.3. The Morgan fingerprint density at radius 3 is 1.12 bits per heavy atom. The molecule has 0 aliphatic rings. The molecule has 86 heavy (non-hydrogen) atoms. The van der Waals surface area contributed by atoms with E-state index >= 15 is 0 Å². The Morgan fingerprint density at radius 1 is 0.291 bits per heavy atom. The van der Waals surface area contributed by atoms with Crippen molar-refractivity contribution in [2.45, 2.75) is 6.61 Å². The minimum atomic E-state index is 0.354. The van der Waals surface area contributed by atoms with Gasteiger partial charge in [0.25, 0.3) is 0 Å². The van der Waals surface area contributed by atoms with Gasteiger partial charge in [-0.1, -0.05) is 285 Å². The monoisotopic (exact) mass is 1100 g/mol. The third kappa shape index (κ3) is 10.6. The summed E-state index contributed by atoms with van der Waals surface area (Å²) in [5.74, 6) is 6.13. The molecule has 0 saturated heterocycles. The van der Waals surface area contributed by atoms with E-state index in [4.69, 9.17) is 10.6 Å². The largest absolute Gasteiger partial charge is 0.471 e. The number of rotatable bonds is 11. The second-order valence-corrected chi connectivity index (χ2v) is 21.6. The summed E-state index contributed by atoms with van der Waals surface area (Å²) in [5.41, 5.74) is 21.8. The van der Waals surface area contributed by atoms with Crippen molar-refractivity contribution < 1.29 is 4.74 Å². The number of hydrogen-bond acceptors (Lipinski definition) is 3. The average Bonchev–Trinajstić information content (AvgIpc) is 4.11. The predicted octanol–water partition coefficient (Wildman–Crippen LogP) is 21.3. The molecule has 0 saturated carbocycles. The molecule has 0 aliphatic heterocycles. The molecular weight excluding hydrogens is 1040 g/mol. The fourth-order valence-electron chi connectivity index (χ4n) is 12.1. The van der Waals surface area contributed by atoms with Crippen LogP contribution in [-0.2, 0) is 11.3 Å². The number of hydrazone groups is 1. The maximum Gasteiger partial charge on any atom is 0.237 e. The highest BCUT2D eigenvalue weighted by Crippen LogP contribution is 2.42. The molecular formula is C82H59N3O. The minimum absolute atomic E-state index is 0.354. The highest BCUT2D eigenvalue weighted by atomic mass is 16.5. The van der Waals surface area contributed by atoms with E-state index in [1.165, 1.54) is 93.5 Å². The van der Waals surface area contributed by atoms with Crippen molar-refractivity contribution in [3.8, 4) is 83.6 Å². The topological polar surface area (TPSA) is 52.5 Å². The normalized spacial score (nSPS) is 11.4. The molecule has 4 nitrogen and oxygen atoms in total. The van der Waals surface area contributed by atoms with Gasteiger partial charge in [0.1, 0.15) is 6.61 Å². The average molecular weight is 1100 g/mol. The second kappa shape index (κ2) is 23.9. The van der Waals surface area contributed by atoms with Crippen LogP contribution in [0.15, 0.2) is 339 Å². The summed E-state index contributed by atoms with van der Waals surface area (Å²) in [6, 6.07) is 119. The molecule has 0 spiro atoms. The van der Waals surface area contributed by atoms with Crippen LogP contribution in [0.1, 0.15) is 11.1 Å². The van der Waals surface area contributed by atoms with Gasteiger partial charge in [0.15, 0.2) is 0 Å². The zero-order valence-electron chi connectivity index (χ0n) is 47.3. The molecule has 1 aromatic heterocycles. The number of nitrogens with zero attached hydrogens (tertiary/aromatic N) is 2. The van der Waals surface area contributed by atoms with Gasteiger partial charge in [-0.3, -0.25) is 0 Å². The highest BCUT2D eigenvalue weighted by Gasteiger charge is 2.18. The van der Waals surface area contributed by atoms with Gasteiger partial charge in [-0.2, -0.15) is 0 Å². The van der Waals surface area contributed by atoms with E-state index in [0.717, 1.165) is 44.5 Å². The molecule has 1 heterocycles. The molecule has 0 fully saturated rings. The fourth-order valence-corrected chi connectivity index (χ4v) is 12.1. The number of hydrogen-bond donors (Lipinski definition) is 1. The lowest BCUT2D eigenvalue weighted by Crippen LogP contribution is -2.09. The Balaban J connectivity index is 0.00000103. The zero-order chi connectivity index (χ0) is 57.6. The lowest BCUT2D eigenvalue weighted by molar-refractivity contribution is 0.292. The molecule has 0 radical (unpaired) electrons. The molecule has 14 aromatic carbocycles. The van der Waals surface area contributed by atoms with Crippen LogP contribution < -0.4 is 5.84 Å². The first-order chi connectivity index (χ1) is 42.6. The lowest BCUT2D eigenvalue weighted by Gasteiger charge is -2.16. The van der Waals surface area contributed by atoms with E-state index in [-0.39, 0.29) is 0 Å². The first-order valence-corrected chi connectivity index (χ1v) is 29.2. The van der Waals surface area contributed by atoms with E-state index in [2.05, 4.69) is 277 Å². The van der Waals surface area contributed by atoms with Crippen molar-refractivity contribution in [1.82, 2.24) is 4.57 Å². The van der Waals surface area contributed by atoms with Crippen molar-refractivity contribution in [2.75, 3.05) is 0 Å². The van der Waals surface area contributed by atoms with Crippen LogP contribution >= 0.6 is 0 Å². The van der Waals surface area contributed by atoms with Crippen LogP contribution in [0.25, 0.3) is 127 Å². The van der Waals surface area contributed by atoms with Gasteiger partial charge in [-0.05, 0) is 154 Å². The predicted molar refractivity (Wildman–Crippen MR) is 362 cm³/mol. The summed E-state index contributed by atoms with van der Waals surface area (Å²) in [7, 11) is 0. The number of ether oxygens (including phenoxy) is 1. The van der Waals surface area contributed by atoms with Crippen LogP contribution in [-0.4, -0.2) is 10.5 Å². The summed E-state index contributed by atoms with van der Waals surface area (Å²) in [4.78, 5) is 0. The van der Waals surface area contributed by atoms with Gasteiger partial charge in [0, 0.05) is 22.0 Å². The van der Waals surface area contributed by atoms with E-state index in [1.807, 2.05) is 66.7 Å².